The van der Waals surface area contributed by atoms with Gasteiger partial charge in [0.15, 0.2) is 0 Å². The normalized spacial score (nSPS) is 17.1. The van der Waals surface area contributed by atoms with Gasteiger partial charge in [-0.05, 0) is 220 Å². The van der Waals surface area contributed by atoms with Crippen LogP contribution >= 0.6 is 0 Å². The first-order valence-corrected chi connectivity index (χ1v) is 32.8. The van der Waals surface area contributed by atoms with E-state index < -0.39 is 11.8 Å². The zero-order valence-electron chi connectivity index (χ0n) is 52.0. The molecule has 4 aliphatic heterocycles. The van der Waals surface area contributed by atoms with Crippen molar-refractivity contribution in [3.8, 4) is 74.7 Å². The first-order chi connectivity index (χ1) is 47.4. The monoisotopic (exact) mass is 1260 g/mol. The van der Waals surface area contributed by atoms with Crippen molar-refractivity contribution in [1.29, 1.82) is 0 Å². The lowest BCUT2D eigenvalue weighted by atomic mass is 9.73. The number of aliphatic hydroxyl groups is 1. The summed E-state index contributed by atoms with van der Waals surface area (Å²) in [4.78, 5) is 0. The van der Waals surface area contributed by atoms with Crippen molar-refractivity contribution < 1.29 is 49.6 Å². The number of phenolic OH excluding ortho intramolecular Hbond substituents is 5. The number of rotatable bonds is 4. The second kappa shape index (κ2) is 20.3. The fourth-order valence-corrected chi connectivity index (χ4v) is 17.0. The average molecular weight is 1260 g/mol. The van der Waals surface area contributed by atoms with Crippen LogP contribution in [0, 0.1) is 5.92 Å². The van der Waals surface area contributed by atoms with E-state index in [1.165, 1.54) is 0 Å². The Hall–Kier alpha value is -12.4. The smallest absolute Gasteiger partial charge is 0.132 e. The number of aromatic hydroxyl groups is 5. The minimum atomic E-state index is -0.401. The van der Waals surface area contributed by atoms with E-state index in [0.717, 1.165) is 166 Å². The molecule has 10 nitrogen and oxygen atoms in total. The molecular formula is C87H56O10. The number of aliphatic hydroxyl groups excluding tert-OH is 1. The molecule has 0 aromatic heterocycles. The second-order valence-corrected chi connectivity index (χ2v) is 26.7. The predicted molar refractivity (Wildman–Crippen MR) is 379 cm³/mol. The lowest BCUT2D eigenvalue weighted by molar-refractivity contribution is 0.341. The molecule has 10 heteroatoms. The number of hydrogen-bond donors (Lipinski definition) is 6. The topological polar surface area (TPSA) is 158 Å². The molecule has 0 saturated carbocycles. The van der Waals surface area contributed by atoms with Crippen molar-refractivity contribution in [2.24, 2.45) is 5.92 Å². The molecule has 6 N–H and O–H groups in total. The van der Waals surface area contributed by atoms with Crippen LogP contribution in [-0.4, -0.2) is 30.6 Å². The number of allylic oxidation sites excluding steroid dienone is 1. The van der Waals surface area contributed by atoms with E-state index in [-0.39, 0.29) is 46.5 Å². The van der Waals surface area contributed by atoms with Crippen molar-refractivity contribution in [3.05, 3.63) is 320 Å². The van der Waals surface area contributed by atoms with Gasteiger partial charge in [-0.2, -0.15) is 0 Å². The predicted octanol–water partition coefficient (Wildman–Crippen LogP) is 21.4. The summed E-state index contributed by atoms with van der Waals surface area (Å²) >= 11 is 0. The molecule has 0 amide bonds. The van der Waals surface area contributed by atoms with E-state index in [1.54, 1.807) is 60.7 Å². The Labute approximate surface area is 555 Å². The third-order valence-corrected chi connectivity index (χ3v) is 21.3. The Morgan fingerprint density at radius 2 is 0.495 bits per heavy atom. The van der Waals surface area contributed by atoms with E-state index in [4.69, 9.17) is 18.9 Å². The van der Waals surface area contributed by atoms with Gasteiger partial charge in [-0.15, -0.1) is 0 Å². The Kier molecular flexibility index (Phi) is 11.5. The average Bonchev–Trinajstić information content (AvgIpc) is 0.714. The van der Waals surface area contributed by atoms with E-state index in [0.29, 0.717) is 35.2 Å². The summed E-state index contributed by atoms with van der Waals surface area (Å²) in [7, 11) is 0. The van der Waals surface area contributed by atoms with Gasteiger partial charge >= 0.3 is 0 Å². The van der Waals surface area contributed by atoms with E-state index in [1.807, 2.05) is 109 Å². The van der Waals surface area contributed by atoms with Crippen LogP contribution in [-0.2, 0) is 6.42 Å². The van der Waals surface area contributed by atoms with Crippen LogP contribution in [0.5, 0.6) is 74.7 Å². The van der Waals surface area contributed by atoms with Crippen LogP contribution in [0.4, 0.5) is 0 Å². The van der Waals surface area contributed by atoms with E-state index >= 15 is 0 Å². The molecule has 0 saturated heterocycles. The first-order valence-electron chi connectivity index (χ1n) is 32.8. The van der Waals surface area contributed by atoms with Crippen LogP contribution in [0.2, 0.25) is 0 Å². The highest BCUT2D eigenvalue weighted by Gasteiger charge is 2.40. The summed E-state index contributed by atoms with van der Waals surface area (Å²) in [5, 5.41) is 76.5. The highest BCUT2D eigenvalue weighted by atomic mass is 16.5. The SMILES string of the molecule is CC1Cc2c(ccc3c2C(c2ccc(C4c5c(ccc6cc(O)ccc56)Oc5ccc6c7c(ccc6c54)Oc4ccc5cc(O)ccc5c4C7c4ccc(C5c6c(ccc7cc(O)ccc67)Oc6ccc7cc(O)ccc7c65)cc4)cc2)c2c(ccc4cc(O)ccc24)O3)C=C1O. The standard InChI is InChI=1S/C87H56O10/c1-43-36-66-53(42-67(43)93)15-33-73-87(66)79(84-63-25-20-58(92)41-52(63)14-32-72(84)95-73)47-8-6-46(7-9-47)78-83-62-24-19-57(91)40-51(62)13-31-71(83)97-75-35-26-64-65(86(75)78)27-34-74-85(64)77(82-61-23-18-56(90)39-50(61)12-30-70(82)96-74)45-4-2-44(3-5-45)76-80-59-21-16-54(88)37-48(59)10-28-68(80)94-69-29-11-49-38-55(89)17-22-60(49)81(69)76/h2-35,37-43,76-79,88-93H,36H2,1H3. The Morgan fingerprint density at radius 1 is 0.258 bits per heavy atom. The maximum absolute atomic E-state index is 11.1. The lowest BCUT2D eigenvalue weighted by Gasteiger charge is -2.35. The van der Waals surface area contributed by atoms with Crippen LogP contribution in [0.3, 0.4) is 0 Å². The number of hydrogen-bond acceptors (Lipinski definition) is 10. The number of ether oxygens (including phenoxy) is 4. The molecule has 464 valence electrons. The van der Waals surface area contributed by atoms with Crippen molar-refractivity contribution in [2.75, 3.05) is 0 Å². The molecular weight excluding hydrogens is 1200 g/mol. The van der Waals surface area contributed by atoms with Crippen molar-refractivity contribution in [3.63, 3.8) is 0 Å². The number of fused-ring (bicyclic) bond motifs is 23. The van der Waals surface area contributed by atoms with Gasteiger partial charge in [0, 0.05) is 74.1 Å². The van der Waals surface area contributed by atoms with Crippen LogP contribution in [0.1, 0.15) is 108 Å². The quantitative estimate of drug-likeness (QED) is 0.100. The number of phenols is 5. The molecule has 5 aliphatic rings. The zero-order valence-corrected chi connectivity index (χ0v) is 52.0. The fourth-order valence-electron chi connectivity index (χ4n) is 17.0. The molecule has 0 fully saturated rings. The van der Waals surface area contributed by atoms with Gasteiger partial charge in [-0.25, -0.2) is 0 Å². The van der Waals surface area contributed by atoms with Gasteiger partial charge in [0.25, 0.3) is 0 Å². The molecule has 0 radical (unpaired) electrons. The third-order valence-electron chi connectivity index (χ3n) is 21.3. The fraction of sp³-hybridized carbons (Fsp3) is 0.0805. The summed E-state index contributed by atoms with van der Waals surface area (Å²) in [5.74, 6) is 5.53. The Balaban J connectivity index is 0.789. The van der Waals surface area contributed by atoms with Gasteiger partial charge in [-0.1, -0.05) is 134 Å². The van der Waals surface area contributed by atoms with Gasteiger partial charge in [-0.3, -0.25) is 0 Å². The molecule has 15 aromatic rings. The lowest BCUT2D eigenvalue weighted by Crippen LogP contribution is -2.19. The first kappa shape index (κ1) is 55.1. The van der Waals surface area contributed by atoms with E-state index in [9.17, 15) is 30.6 Å². The molecule has 1 aliphatic carbocycles. The van der Waals surface area contributed by atoms with Gasteiger partial charge < -0.3 is 49.6 Å². The zero-order chi connectivity index (χ0) is 64.8. The second-order valence-electron chi connectivity index (χ2n) is 26.7. The maximum Gasteiger partial charge on any atom is 0.132 e. The molecule has 97 heavy (non-hydrogen) atoms. The third kappa shape index (κ3) is 8.20. The highest BCUT2D eigenvalue weighted by Crippen LogP contribution is 2.60. The Morgan fingerprint density at radius 3 is 0.794 bits per heavy atom. The minimum absolute atomic E-state index is 0.0941. The summed E-state index contributed by atoms with van der Waals surface area (Å²) in [6.07, 6.45) is 2.52. The molecule has 20 rings (SSSR count). The van der Waals surface area contributed by atoms with Crippen LogP contribution < -0.4 is 18.9 Å². The molecule has 4 unspecified atom stereocenters. The molecule has 4 heterocycles. The summed E-state index contributed by atoms with van der Waals surface area (Å²) in [5.41, 5.74) is 14.1. The molecule has 15 aromatic carbocycles. The molecule has 0 spiro atoms. The summed E-state index contributed by atoms with van der Waals surface area (Å²) in [6.45, 7) is 2.05. The van der Waals surface area contributed by atoms with Crippen LogP contribution in [0.25, 0.3) is 70.7 Å². The minimum Gasteiger partial charge on any atom is -0.512 e. The Bertz CT molecular complexity index is 5960. The van der Waals surface area contributed by atoms with Crippen molar-refractivity contribution in [1.82, 2.24) is 0 Å². The van der Waals surface area contributed by atoms with Gasteiger partial charge in [0.05, 0.1) is 5.76 Å². The highest BCUT2D eigenvalue weighted by molar-refractivity contribution is 6.02. The summed E-state index contributed by atoms with van der Waals surface area (Å²) < 4.78 is 28.0. The molecule has 4 atom stereocenters. The van der Waals surface area contributed by atoms with E-state index in [2.05, 4.69) is 79.7 Å². The maximum atomic E-state index is 11.1. The number of benzene rings is 15. The van der Waals surface area contributed by atoms with Crippen LogP contribution in [0.15, 0.2) is 242 Å². The van der Waals surface area contributed by atoms with Gasteiger partial charge in [0.1, 0.15) is 74.7 Å². The van der Waals surface area contributed by atoms with Gasteiger partial charge in [0.2, 0.25) is 0 Å². The summed E-state index contributed by atoms with van der Waals surface area (Å²) in [6, 6.07) is 78.1. The molecule has 0 bridgehead atoms. The largest absolute Gasteiger partial charge is 0.512 e. The van der Waals surface area contributed by atoms with Crippen molar-refractivity contribution >= 4 is 70.7 Å². The van der Waals surface area contributed by atoms with Crippen molar-refractivity contribution in [2.45, 2.75) is 37.0 Å².